The van der Waals surface area contributed by atoms with Gasteiger partial charge in [-0.05, 0) is 17.7 Å². The van der Waals surface area contributed by atoms with Gasteiger partial charge >= 0.3 is 0 Å². The third kappa shape index (κ3) is 7.92. The molecular weight excluding hydrogens is 152 g/mol. The van der Waals surface area contributed by atoms with Crippen LogP contribution in [0.2, 0.25) is 19.6 Å². The van der Waals surface area contributed by atoms with E-state index in [-0.39, 0.29) is 5.24 Å². The molecule has 0 rings (SSSR count). The van der Waals surface area contributed by atoms with E-state index >= 15 is 0 Å². The summed E-state index contributed by atoms with van der Waals surface area (Å²) in [6, 6.07) is 0. The maximum atomic E-state index is 10.2. The minimum atomic E-state index is -1.21. The van der Waals surface area contributed by atoms with Crippen LogP contribution in [0.25, 0.3) is 0 Å². The molecule has 0 heterocycles. The second-order valence-electron chi connectivity index (χ2n) is 3.00. The molecule has 0 radical (unpaired) electrons. The van der Waals surface area contributed by atoms with Crippen molar-refractivity contribution in [2.75, 3.05) is 0 Å². The summed E-state index contributed by atoms with van der Waals surface area (Å²) < 4.78 is 0. The quantitative estimate of drug-likeness (QED) is 0.346. The molecule has 0 aliphatic rings. The Hall–Kier alpha value is -0.0831. The molecule has 0 aromatic rings. The van der Waals surface area contributed by atoms with Gasteiger partial charge in [0.2, 0.25) is 5.24 Å². The summed E-state index contributed by atoms with van der Waals surface area (Å²) in [6.07, 6.45) is 1.44. The summed E-state index contributed by atoms with van der Waals surface area (Å²) in [5.41, 5.74) is 1.92. The number of halogens is 1. The van der Waals surface area contributed by atoms with Crippen LogP contribution in [0.4, 0.5) is 0 Å². The molecule has 9 heavy (non-hydrogen) atoms. The van der Waals surface area contributed by atoms with Crippen molar-refractivity contribution in [3.05, 3.63) is 11.8 Å². The van der Waals surface area contributed by atoms with Gasteiger partial charge in [0.05, 0.1) is 8.07 Å². The third-order valence-electron chi connectivity index (χ3n) is 0.714. The molecule has 0 bridgehead atoms. The highest BCUT2D eigenvalue weighted by Crippen LogP contribution is 2.01. The van der Waals surface area contributed by atoms with E-state index in [4.69, 9.17) is 11.6 Å². The van der Waals surface area contributed by atoms with E-state index in [1.165, 1.54) is 6.08 Å². The fourth-order valence-electron chi connectivity index (χ4n) is 0.316. The van der Waals surface area contributed by atoms with Crippen molar-refractivity contribution in [1.29, 1.82) is 0 Å². The number of carbonyl (C=O) groups is 1. The average Bonchev–Trinajstić information content (AvgIpc) is 1.59. The van der Waals surface area contributed by atoms with E-state index in [9.17, 15) is 4.79 Å². The summed E-state index contributed by atoms with van der Waals surface area (Å²) in [5.74, 6) is 0. The Kier molecular flexibility index (Phi) is 3.15. The van der Waals surface area contributed by atoms with Gasteiger partial charge in [0.15, 0.2) is 0 Å². The molecule has 0 unspecified atom stereocenters. The number of hydrogen-bond donors (Lipinski definition) is 0. The van der Waals surface area contributed by atoms with E-state index in [0.29, 0.717) is 0 Å². The first-order valence-corrected chi connectivity index (χ1v) is 6.76. The van der Waals surface area contributed by atoms with Gasteiger partial charge in [0.25, 0.3) is 0 Å². The molecule has 0 fully saturated rings. The van der Waals surface area contributed by atoms with Gasteiger partial charge in [0, 0.05) is 0 Å². The zero-order valence-electron chi connectivity index (χ0n) is 5.94. The van der Waals surface area contributed by atoms with E-state index in [1.807, 2.05) is 5.70 Å². The van der Waals surface area contributed by atoms with E-state index in [2.05, 4.69) is 19.6 Å². The molecule has 0 aliphatic heterocycles. The van der Waals surface area contributed by atoms with Crippen molar-refractivity contribution in [1.82, 2.24) is 0 Å². The minimum absolute atomic E-state index is 0.377. The summed E-state index contributed by atoms with van der Waals surface area (Å²) in [4.78, 5) is 10.2. The molecule has 0 aromatic carbocycles. The van der Waals surface area contributed by atoms with Crippen LogP contribution >= 0.6 is 11.6 Å². The van der Waals surface area contributed by atoms with Gasteiger partial charge in [-0.15, -0.1) is 0 Å². The van der Waals surface area contributed by atoms with Gasteiger partial charge in [-0.3, -0.25) is 4.79 Å². The molecule has 52 valence electrons. The lowest BCUT2D eigenvalue weighted by atomic mass is 10.7. The van der Waals surface area contributed by atoms with Gasteiger partial charge in [-0.2, -0.15) is 0 Å². The molecule has 0 aliphatic carbocycles. The lowest BCUT2D eigenvalue weighted by Gasteiger charge is -2.06. The molecule has 0 spiro atoms. The van der Waals surface area contributed by atoms with Crippen LogP contribution in [0.1, 0.15) is 0 Å². The molecule has 0 N–H and O–H groups in total. The first-order valence-electron chi connectivity index (χ1n) is 2.80. The first-order chi connectivity index (χ1) is 3.92. The van der Waals surface area contributed by atoms with Crippen molar-refractivity contribution in [3.63, 3.8) is 0 Å². The predicted octanol–water partition coefficient (Wildman–Crippen LogP) is 2.19. The first kappa shape index (κ1) is 8.92. The average molecular weight is 163 g/mol. The minimum Gasteiger partial charge on any atom is -0.276 e. The molecule has 3 heteroatoms. The van der Waals surface area contributed by atoms with Gasteiger partial charge in [-0.1, -0.05) is 25.3 Å². The Bertz CT molecular complexity index is 134. The summed E-state index contributed by atoms with van der Waals surface area (Å²) >= 11 is 5.08. The number of carbonyl (C=O) groups excluding carboxylic acids is 1. The van der Waals surface area contributed by atoms with Gasteiger partial charge in [0.1, 0.15) is 0 Å². The lowest BCUT2D eigenvalue weighted by molar-refractivity contribution is -0.107. The molecule has 0 saturated carbocycles. The van der Waals surface area contributed by atoms with Crippen LogP contribution in [0.5, 0.6) is 0 Å². The molecule has 0 atom stereocenters. The Balaban J connectivity index is 3.86. The second-order valence-corrected chi connectivity index (χ2v) is 8.44. The van der Waals surface area contributed by atoms with Crippen LogP contribution in [0.15, 0.2) is 11.8 Å². The number of hydrogen-bond acceptors (Lipinski definition) is 1. The highest BCUT2D eigenvalue weighted by molar-refractivity contribution is 6.81. The SMILES string of the molecule is C[Si](C)(C)/C=C/C(=O)Cl. The molecule has 0 saturated heterocycles. The van der Waals surface area contributed by atoms with Crippen LogP contribution in [-0.4, -0.2) is 13.3 Å². The highest BCUT2D eigenvalue weighted by atomic mass is 35.5. The smallest absolute Gasteiger partial charge is 0.244 e. The van der Waals surface area contributed by atoms with Gasteiger partial charge < -0.3 is 0 Å². The Morgan fingerprint density at radius 2 is 1.89 bits per heavy atom. The summed E-state index contributed by atoms with van der Waals surface area (Å²) in [5, 5.41) is -0.377. The van der Waals surface area contributed by atoms with Crippen molar-refractivity contribution < 1.29 is 4.79 Å². The fraction of sp³-hybridized carbons (Fsp3) is 0.500. The Morgan fingerprint density at radius 3 is 2.00 bits per heavy atom. The molecule has 0 aromatic heterocycles. The predicted molar refractivity (Wildman–Crippen MR) is 43.3 cm³/mol. The maximum absolute atomic E-state index is 10.2. The van der Waals surface area contributed by atoms with Crippen molar-refractivity contribution in [2.45, 2.75) is 19.6 Å². The van der Waals surface area contributed by atoms with E-state index < -0.39 is 8.07 Å². The number of rotatable bonds is 2. The van der Waals surface area contributed by atoms with E-state index in [1.54, 1.807) is 0 Å². The monoisotopic (exact) mass is 162 g/mol. The second kappa shape index (κ2) is 3.18. The normalized spacial score (nSPS) is 12.4. The zero-order valence-corrected chi connectivity index (χ0v) is 7.70. The van der Waals surface area contributed by atoms with E-state index in [0.717, 1.165) is 0 Å². The standard InChI is InChI=1S/C6H11ClOSi/c1-9(2,3)5-4-6(7)8/h4-5H,1-3H3/b5-4+. The Labute approximate surface area is 61.7 Å². The largest absolute Gasteiger partial charge is 0.276 e. The molecule has 0 amide bonds. The third-order valence-corrected chi connectivity index (χ3v) is 2.01. The fourth-order valence-corrected chi connectivity index (χ4v) is 1.14. The topological polar surface area (TPSA) is 17.1 Å². The summed E-state index contributed by atoms with van der Waals surface area (Å²) in [6.45, 7) is 6.43. The van der Waals surface area contributed by atoms with Crippen LogP contribution < -0.4 is 0 Å². The van der Waals surface area contributed by atoms with Crippen molar-refractivity contribution in [3.8, 4) is 0 Å². The van der Waals surface area contributed by atoms with Crippen LogP contribution in [0, 0.1) is 0 Å². The van der Waals surface area contributed by atoms with Crippen molar-refractivity contribution >= 4 is 24.9 Å². The van der Waals surface area contributed by atoms with Crippen molar-refractivity contribution in [2.24, 2.45) is 0 Å². The van der Waals surface area contributed by atoms with Gasteiger partial charge in [-0.25, -0.2) is 0 Å². The number of allylic oxidation sites excluding steroid dienone is 1. The molecular formula is C6H11ClOSi. The Morgan fingerprint density at radius 1 is 1.44 bits per heavy atom. The highest BCUT2D eigenvalue weighted by Gasteiger charge is 2.06. The lowest BCUT2D eigenvalue weighted by Crippen LogP contribution is -2.15. The van der Waals surface area contributed by atoms with Crippen LogP contribution in [-0.2, 0) is 4.79 Å². The molecule has 1 nitrogen and oxygen atoms in total. The maximum Gasteiger partial charge on any atom is 0.244 e. The summed E-state index contributed by atoms with van der Waals surface area (Å²) in [7, 11) is -1.21. The van der Waals surface area contributed by atoms with Crippen LogP contribution in [0.3, 0.4) is 0 Å². The zero-order chi connectivity index (χ0) is 7.49.